The molecule has 0 atom stereocenters. The lowest BCUT2D eigenvalue weighted by Gasteiger charge is -2.12. The van der Waals surface area contributed by atoms with Crippen LogP contribution in [0.3, 0.4) is 0 Å². The van der Waals surface area contributed by atoms with E-state index < -0.39 is 32.3 Å². The van der Waals surface area contributed by atoms with Crippen LogP contribution in [0.2, 0.25) is 0 Å². The number of halogens is 2. The summed E-state index contributed by atoms with van der Waals surface area (Å²) in [4.78, 5) is 11.3. The standard InChI is InChI=1S/C15H14F2N2O3S/c1-23(21,22)15-11(17)6-4-8-13(15)18-9-14(20)19-12-7-3-2-5-10(12)16/h2-8,18H,9H2,1H3,(H,19,20). The van der Waals surface area contributed by atoms with Crippen LogP contribution in [-0.2, 0) is 14.6 Å². The summed E-state index contributed by atoms with van der Waals surface area (Å²) in [6, 6.07) is 9.29. The summed E-state index contributed by atoms with van der Waals surface area (Å²) in [5.41, 5.74) is -0.0296. The van der Waals surface area contributed by atoms with Gasteiger partial charge in [0.1, 0.15) is 16.5 Å². The average molecular weight is 340 g/mol. The molecule has 2 aromatic rings. The molecule has 0 radical (unpaired) electrons. The van der Waals surface area contributed by atoms with Crippen molar-refractivity contribution in [3.8, 4) is 0 Å². The number of carbonyl (C=O) groups is 1. The van der Waals surface area contributed by atoms with E-state index in [4.69, 9.17) is 0 Å². The molecule has 0 fully saturated rings. The molecule has 0 aliphatic carbocycles. The highest BCUT2D eigenvalue weighted by molar-refractivity contribution is 7.90. The summed E-state index contributed by atoms with van der Waals surface area (Å²) in [5, 5.41) is 4.88. The van der Waals surface area contributed by atoms with Crippen LogP contribution in [0.15, 0.2) is 47.4 Å². The van der Waals surface area contributed by atoms with Crippen LogP contribution in [0.5, 0.6) is 0 Å². The molecule has 0 aliphatic heterocycles. The molecule has 0 saturated carbocycles. The number of para-hydroxylation sites is 1. The van der Waals surface area contributed by atoms with Crippen LogP contribution < -0.4 is 10.6 Å². The third-order valence-corrected chi connectivity index (χ3v) is 4.08. The fourth-order valence-corrected chi connectivity index (χ4v) is 2.92. The van der Waals surface area contributed by atoms with Crippen molar-refractivity contribution in [2.24, 2.45) is 0 Å². The minimum absolute atomic E-state index is 0.00174. The van der Waals surface area contributed by atoms with E-state index >= 15 is 0 Å². The van der Waals surface area contributed by atoms with Crippen molar-refractivity contribution < 1.29 is 22.0 Å². The first-order chi connectivity index (χ1) is 10.8. The van der Waals surface area contributed by atoms with Crippen LogP contribution >= 0.6 is 0 Å². The second-order valence-electron chi connectivity index (χ2n) is 4.77. The zero-order chi connectivity index (χ0) is 17.0. The largest absolute Gasteiger partial charge is 0.375 e. The highest BCUT2D eigenvalue weighted by Crippen LogP contribution is 2.24. The van der Waals surface area contributed by atoms with E-state index in [-0.39, 0.29) is 17.9 Å². The molecule has 2 aromatic carbocycles. The number of carbonyl (C=O) groups excluding carboxylic acids is 1. The minimum Gasteiger partial charge on any atom is -0.375 e. The molecule has 8 heteroatoms. The zero-order valence-electron chi connectivity index (χ0n) is 12.1. The van der Waals surface area contributed by atoms with E-state index in [2.05, 4.69) is 10.6 Å². The van der Waals surface area contributed by atoms with Crippen molar-refractivity contribution in [1.29, 1.82) is 0 Å². The maximum atomic E-state index is 13.7. The topological polar surface area (TPSA) is 75.3 Å². The second-order valence-corrected chi connectivity index (χ2v) is 6.72. The Labute approximate surface area is 132 Å². The molecule has 0 aromatic heterocycles. The summed E-state index contributed by atoms with van der Waals surface area (Å²) in [6.45, 7) is -0.347. The number of nitrogens with one attached hydrogen (secondary N) is 2. The van der Waals surface area contributed by atoms with Crippen LogP contribution in [0.1, 0.15) is 0 Å². The Morgan fingerprint density at radius 1 is 1.00 bits per heavy atom. The van der Waals surface area contributed by atoms with Crippen molar-refractivity contribution in [3.63, 3.8) is 0 Å². The summed E-state index contributed by atoms with van der Waals surface area (Å²) < 4.78 is 50.4. The average Bonchev–Trinajstić information content (AvgIpc) is 2.46. The number of rotatable bonds is 5. The molecule has 0 bridgehead atoms. The van der Waals surface area contributed by atoms with Gasteiger partial charge in [0.2, 0.25) is 5.91 Å². The summed E-state index contributed by atoms with van der Waals surface area (Å²) >= 11 is 0. The van der Waals surface area contributed by atoms with Gasteiger partial charge in [0.15, 0.2) is 9.84 Å². The van der Waals surface area contributed by atoms with Gasteiger partial charge in [-0.2, -0.15) is 0 Å². The molecule has 0 saturated heterocycles. The maximum Gasteiger partial charge on any atom is 0.243 e. The number of amides is 1. The smallest absolute Gasteiger partial charge is 0.243 e. The first-order valence-corrected chi connectivity index (χ1v) is 8.45. The summed E-state index contributed by atoms with van der Waals surface area (Å²) in [7, 11) is -3.81. The SMILES string of the molecule is CS(=O)(=O)c1c(F)cccc1NCC(=O)Nc1ccccc1F. The first-order valence-electron chi connectivity index (χ1n) is 6.56. The number of hydrogen-bond acceptors (Lipinski definition) is 4. The molecule has 0 aliphatic rings. The highest BCUT2D eigenvalue weighted by Gasteiger charge is 2.19. The van der Waals surface area contributed by atoms with Gasteiger partial charge in [0.25, 0.3) is 0 Å². The third-order valence-electron chi connectivity index (χ3n) is 2.93. The van der Waals surface area contributed by atoms with Gasteiger partial charge in [-0.1, -0.05) is 18.2 Å². The summed E-state index contributed by atoms with van der Waals surface area (Å²) in [6.07, 6.45) is 0.871. The van der Waals surface area contributed by atoms with Gasteiger partial charge in [-0.05, 0) is 24.3 Å². The third kappa shape index (κ3) is 4.26. The minimum atomic E-state index is -3.81. The fourth-order valence-electron chi connectivity index (χ4n) is 1.96. The molecule has 0 unspecified atom stereocenters. The van der Waals surface area contributed by atoms with Gasteiger partial charge >= 0.3 is 0 Å². The van der Waals surface area contributed by atoms with Crippen molar-refractivity contribution in [2.75, 3.05) is 23.4 Å². The lowest BCUT2D eigenvalue weighted by atomic mass is 10.3. The number of hydrogen-bond donors (Lipinski definition) is 2. The zero-order valence-corrected chi connectivity index (χ0v) is 13.0. The Hall–Kier alpha value is -2.48. The second kappa shape index (κ2) is 6.74. The predicted octanol–water partition coefficient (Wildman–Crippen LogP) is 2.42. The molecule has 1 amide bonds. The lowest BCUT2D eigenvalue weighted by Crippen LogP contribution is -2.23. The summed E-state index contributed by atoms with van der Waals surface area (Å²) in [5.74, 6) is -2.10. The van der Waals surface area contributed by atoms with Gasteiger partial charge in [-0.25, -0.2) is 17.2 Å². The quantitative estimate of drug-likeness (QED) is 0.876. The van der Waals surface area contributed by atoms with Crippen molar-refractivity contribution in [1.82, 2.24) is 0 Å². The molecule has 0 heterocycles. The van der Waals surface area contributed by atoms with Gasteiger partial charge in [-0.15, -0.1) is 0 Å². The Balaban J connectivity index is 2.11. The van der Waals surface area contributed by atoms with Crippen LogP contribution in [0.25, 0.3) is 0 Å². The number of benzene rings is 2. The molecular formula is C15H14F2N2O3S. The Morgan fingerprint density at radius 3 is 2.26 bits per heavy atom. The van der Waals surface area contributed by atoms with E-state index in [1.54, 1.807) is 6.07 Å². The first kappa shape index (κ1) is 16.9. The Morgan fingerprint density at radius 2 is 1.61 bits per heavy atom. The van der Waals surface area contributed by atoms with Crippen molar-refractivity contribution >= 4 is 27.1 Å². The van der Waals surface area contributed by atoms with Crippen LogP contribution in [0.4, 0.5) is 20.2 Å². The normalized spacial score (nSPS) is 11.1. The molecule has 23 heavy (non-hydrogen) atoms. The lowest BCUT2D eigenvalue weighted by molar-refractivity contribution is -0.114. The highest BCUT2D eigenvalue weighted by atomic mass is 32.2. The molecule has 2 N–H and O–H groups in total. The van der Waals surface area contributed by atoms with E-state index in [1.807, 2.05) is 0 Å². The fraction of sp³-hybridized carbons (Fsp3) is 0.133. The van der Waals surface area contributed by atoms with E-state index in [0.29, 0.717) is 0 Å². The predicted molar refractivity (Wildman–Crippen MR) is 83.0 cm³/mol. The van der Waals surface area contributed by atoms with Crippen LogP contribution in [-0.4, -0.2) is 27.1 Å². The Kier molecular flexibility index (Phi) is 4.95. The van der Waals surface area contributed by atoms with E-state index in [9.17, 15) is 22.0 Å². The Bertz CT molecular complexity index is 838. The number of anilines is 2. The molecule has 2 rings (SSSR count). The molecule has 122 valence electrons. The molecular weight excluding hydrogens is 326 g/mol. The van der Waals surface area contributed by atoms with Crippen molar-refractivity contribution in [2.45, 2.75) is 4.90 Å². The monoisotopic (exact) mass is 340 g/mol. The number of sulfone groups is 1. The van der Waals surface area contributed by atoms with Gasteiger partial charge in [0.05, 0.1) is 17.9 Å². The van der Waals surface area contributed by atoms with E-state index in [0.717, 1.165) is 12.3 Å². The van der Waals surface area contributed by atoms with Gasteiger partial charge in [0, 0.05) is 6.26 Å². The van der Waals surface area contributed by atoms with Gasteiger partial charge < -0.3 is 10.6 Å². The molecule has 5 nitrogen and oxygen atoms in total. The maximum absolute atomic E-state index is 13.7. The van der Waals surface area contributed by atoms with Gasteiger partial charge in [-0.3, -0.25) is 4.79 Å². The van der Waals surface area contributed by atoms with Crippen LogP contribution in [0, 0.1) is 11.6 Å². The van der Waals surface area contributed by atoms with E-state index in [1.165, 1.54) is 30.3 Å². The van der Waals surface area contributed by atoms with Crippen molar-refractivity contribution in [3.05, 3.63) is 54.1 Å². The molecule has 0 spiro atoms.